The van der Waals surface area contributed by atoms with Crippen molar-refractivity contribution >= 4 is 0 Å². The molecule has 0 amide bonds. The molecule has 3 rings (SSSR count). The second-order valence-electron chi connectivity index (χ2n) is 8.81. The molecule has 2 aromatic carbocycles. The van der Waals surface area contributed by atoms with Crippen molar-refractivity contribution in [3.8, 4) is 34.8 Å². The molecule has 0 spiro atoms. The maximum absolute atomic E-state index is 3.51. The average Bonchev–Trinajstić information content (AvgIpc) is 2.86. The lowest BCUT2D eigenvalue weighted by Crippen LogP contribution is -1.99. The largest absolute Gasteiger partial charge is 0.0920 e. The lowest BCUT2D eigenvalue weighted by Gasteiger charge is -2.07. The molecular formula is C25H25. The quantitative estimate of drug-likeness (QED) is 0.455. The van der Waals surface area contributed by atoms with E-state index in [9.17, 15) is 0 Å². The second kappa shape index (κ2) is 6.13. The summed E-state index contributed by atoms with van der Waals surface area (Å²) in [5, 5.41) is 0. The second-order valence-corrected chi connectivity index (χ2v) is 8.81. The van der Waals surface area contributed by atoms with E-state index in [-0.39, 0.29) is 10.8 Å². The Morgan fingerprint density at radius 3 is 2.12 bits per heavy atom. The van der Waals surface area contributed by atoms with Crippen molar-refractivity contribution in [3.05, 3.63) is 58.7 Å². The van der Waals surface area contributed by atoms with Gasteiger partial charge in [0.15, 0.2) is 0 Å². The van der Waals surface area contributed by atoms with Crippen LogP contribution in [0.3, 0.4) is 0 Å². The summed E-state index contributed by atoms with van der Waals surface area (Å²) in [6.45, 7) is 12.8. The molecule has 0 fully saturated rings. The van der Waals surface area contributed by atoms with Gasteiger partial charge in [-0.15, -0.1) is 0 Å². The third kappa shape index (κ3) is 4.35. The lowest BCUT2D eigenvalue weighted by atomic mass is 9.96. The third-order valence-electron chi connectivity index (χ3n) is 3.94. The molecule has 0 N–H and O–H groups in total. The minimum Gasteiger partial charge on any atom is -0.0920 e. The lowest BCUT2D eigenvalue weighted by molar-refractivity contribution is 0.570. The standard InChI is InChI=1S/C25H25/c1-24(2,3)13-11-18-7-9-22-20(15-18)17-21-16-19(8-10-23(21)22)12-14-25(4,5)6/h7-10,15H,17H2,1-6H3. The molecule has 1 radical (unpaired) electrons. The number of hydrogen-bond donors (Lipinski definition) is 0. The van der Waals surface area contributed by atoms with E-state index in [2.05, 4.69) is 102 Å². The summed E-state index contributed by atoms with van der Waals surface area (Å²) in [6.07, 6.45) is 0.917. The van der Waals surface area contributed by atoms with E-state index in [1.54, 1.807) is 0 Å². The van der Waals surface area contributed by atoms with Crippen LogP contribution in [0.2, 0.25) is 0 Å². The molecule has 0 aromatic heterocycles. The molecule has 25 heavy (non-hydrogen) atoms. The summed E-state index contributed by atoms with van der Waals surface area (Å²) in [5.74, 6) is 13.2. The predicted octanol–water partition coefficient (Wildman–Crippen LogP) is 5.85. The van der Waals surface area contributed by atoms with Crippen molar-refractivity contribution in [3.63, 3.8) is 0 Å². The Bertz CT molecular complexity index is 856. The van der Waals surface area contributed by atoms with Gasteiger partial charge in [0.25, 0.3) is 0 Å². The fourth-order valence-corrected chi connectivity index (χ4v) is 2.79. The topological polar surface area (TPSA) is 0 Å². The molecule has 0 unspecified atom stereocenters. The Labute approximate surface area is 152 Å². The summed E-state index contributed by atoms with van der Waals surface area (Å²) in [7, 11) is 0. The molecule has 0 saturated carbocycles. The molecule has 0 nitrogen and oxygen atoms in total. The van der Waals surface area contributed by atoms with Crippen LogP contribution >= 0.6 is 0 Å². The van der Waals surface area contributed by atoms with Crippen molar-refractivity contribution in [2.45, 2.75) is 48.0 Å². The fraction of sp³-hybridized carbons (Fsp3) is 0.360. The molecule has 2 aromatic rings. The molecule has 1 aliphatic rings. The molecule has 1 aliphatic carbocycles. The zero-order chi connectivity index (χ0) is 18.2. The Kier molecular flexibility index (Phi) is 4.26. The molecule has 0 heterocycles. The van der Waals surface area contributed by atoms with Crippen molar-refractivity contribution in [2.24, 2.45) is 10.8 Å². The molecular weight excluding hydrogens is 300 g/mol. The van der Waals surface area contributed by atoms with Crippen LogP contribution in [0.1, 0.15) is 63.8 Å². The zero-order valence-electron chi connectivity index (χ0n) is 16.1. The van der Waals surface area contributed by atoms with Gasteiger partial charge >= 0.3 is 0 Å². The van der Waals surface area contributed by atoms with Gasteiger partial charge in [-0.05, 0) is 88.4 Å². The number of fused-ring (bicyclic) bond motifs is 3. The number of benzene rings is 2. The molecule has 0 saturated heterocycles. The van der Waals surface area contributed by atoms with Crippen molar-refractivity contribution in [1.82, 2.24) is 0 Å². The third-order valence-corrected chi connectivity index (χ3v) is 3.94. The van der Waals surface area contributed by atoms with Gasteiger partial charge in [-0.3, -0.25) is 0 Å². The van der Waals surface area contributed by atoms with Crippen LogP contribution < -0.4 is 0 Å². The number of hydrogen-bond acceptors (Lipinski definition) is 0. The zero-order valence-corrected chi connectivity index (χ0v) is 16.1. The first kappa shape index (κ1) is 17.4. The van der Waals surface area contributed by atoms with Gasteiger partial charge in [0, 0.05) is 28.0 Å². The van der Waals surface area contributed by atoms with Gasteiger partial charge in [-0.1, -0.05) is 35.8 Å². The van der Waals surface area contributed by atoms with Crippen LogP contribution in [0, 0.1) is 40.6 Å². The molecule has 0 heteroatoms. The van der Waals surface area contributed by atoms with Gasteiger partial charge in [0.1, 0.15) is 0 Å². The van der Waals surface area contributed by atoms with Crippen LogP contribution in [0.25, 0.3) is 11.1 Å². The van der Waals surface area contributed by atoms with Crippen LogP contribution in [0.15, 0.2) is 30.3 Å². The Morgan fingerprint density at radius 1 is 0.800 bits per heavy atom. The summed E-state index contributed by atoms with van der Waals surface area (Å²) in [4.78, 5) is 0. The first-order valence-electron chi connectivity index (χ1n) is 8.86. The Morgan fingerprint density at radius 2 is 1.44 bits per heavy atom. The van der Waals surface area contributed by atoms with Crippen LogP contribution in [0.4, 0.5) is 0 Å². The predicted molar refractivity (Wildman–Crippen MR) is 106 cm³/mol. The van der Waals surface area contributed by atoms with Gasteiger partial charge in [-0.25, -0.2) is 0 Å². The Hall–Kier alpha value is -2.44. The number of rotatable bonds is 0. The van der Waals surface area contributed by atoms with Crippen LogP contribution in [-0.2, 0) is 6.42 Å². The average molecular weight is 325 g/mol. The van der Waals surface area contributed by atoms with Crippen LogP contribution in [0.5, 0.6) is 0 Å². The normalized spacial score (nSPS) is 12.4. The molecule has 0 bridgehead atoms. The highest BCUT2D eigenvalue weighted by molar-refractivity contribution is 5.78. The highest BCUT2D eigenvalue weighted by Crippen LogP contribution is 2.37. The van der Waals surface area contributed by atoms with Crippen molar-refractivity contribution < 1.29 is 0 Å². The molecule has 0 atom stereocenters. The molecule has 125 valence electrons. The van der Waals surface area contributed by atoms with Gasteiger partial charge in [0.05, 0.1) is 0 Å². The summed E-state index contributed by atoms with van der Waals surface area (Å²) in [5.41, 5.74) is 7.29. The highest BCUT2D eigenvalue weighted by Gasteiger charge is 2.19. The first-order chi connectivity index (χ1) is 11.6. The summed E-state index contributed by atoms with van der Waals surface area (Å²) < 4.78 is 0. The SMILES string of the molecule is CC(C)(C)C#Cc1[c]c2c(cc1)-c1ccc(C#CC(C)(C)C)cc1C2. The smallest absolute Gasteiger partial charge is 0.0327 e. The van der Waals surface area contributed by atoms with Crippen LogP contribution in [-0.4, -0.2) is 0 Å². The maximum atomic E-state index is 3.51. The summed E-state index contributed by atoms with van der Waals surface area (Å²) >= 11 is 0. The summed E-state index contributed by atoms with van der Waals surface area (Å²) in [6, 6.07) is 14.3. The van der Waals surface area contributed by atoms with E-state index in [0.29, 0.717) is 0 Å². The highest BCUT2D eigenvalue weighted by atomic mass is 14.2. The van der Waals surface area contributed by atoms with E-state index in [0.717, 1.165) is 17.5 Å². The minimum absolute atomic E-state index is 0.0104. The van der Waals surface area contributed by atoms with E-state index in [4.69, 9.17) is 0 Å². The Balaban J connectivity index is 1.91. The monoisotopic (exact) mass is 325 g/mol. The maximum Gasteiger partial charge on any atom is 0.0327 e. The van der Waals surface area contributed by atoms with E-state index in [1.165, 1.54) is 22.3 Å². The van der Waals surface area contributed by atoms with E-state index < -0.39 is 0 Å². The van der Waals surface area contributed by atoms with Gasteiger partial charge < -0.3 is 0 Å². The fourth-order valence-electron chi connectivity index (χ4n) is 2.79. The van der Waals surface area contributed by atoms with Gasteiger partial charge in [-0.2, -0.15) is 0 Å². The van der Waals surface area contributed by atoms with E-state index in [1.807, 2.05) is 0 Å². The van der Waals surface area contributed by atoms with Gasteiger partial charge in [0.2, 0.25) is 0 Å². The van der Waals surface area contributed by atoms with Crippen molar-refractivity contribution in [1.29, 1.82) is 0 Å². The van der Waals surface area contributed by atoms with E-state index >= 15 is 0 Å². The molecule has 0 aliphatic heterocycles. The minimum atomic E-state index is 0.0104. The first-order valence-corrected chi connectivity index (χ1v) is 8.86. The van der Waals surface area contributed by atoms with Crippen molar-refractivity contribution in [2.75, 3.05) is 0 Å².